The highest BCUT2D eigenvalue weighted by Gasteiger charge is 2.13. The molecular weight excluding hydrogens is 323 g/mol. The molecule has 0 atom stereocenters. The first-order valence-electron chi connectivity index (χ1n) is 5.42. The Morgan fingerprint density at radius 2 is 1.74 bits per heavy atom. The van der Waals surface area contributed by atoms with Gasteiger partial charge in [0.05, 0.1) is 5.02 Å². The number of ketones is 1. The lowest BCUT2D eigenvalue weighted by molar-refractivity contribution is 0.103. The molecule has 2 aromatic carbocycles. The van der Waals surface area contributed by atoms with Crippen molar-refractivity contribution in [2.24, 2.45) is 0 Å². The molecular formula is C14H9Cl3OS. The molecule has 0 N–H and O–H groups in total. The van der Waals surface area contributed by atoms with Crippen LogP contribution in [0.4, 0.5) is 0 Å². The Kier molecular flexibility index (Phi) is 5.17. The molecule has 0 amide bonds. The van der Waals surface area contributed by atoms with Gasteiger partial charge in [-0.3, -0.25) is 4.79 Å². The van der Waals surface area contributed by atoms with E-state index >= 15 is 0 Å². The molecule has 2 aromatic rings. The predicted molar refractivity (Wildman–Crippen MR) is 82.7 cm³/mol. The third-order valence-electron chi connectivity index (χ3n) is 2.45. The number of benzene rings is 2. The first-order chi connectivity index (χ1) is 9.08. The average Bonchev–Trinajstić information content (AvgIpc) is 2.38. The van der Waals surface area contributed by atoms with E-state index in [1.54, 1.807) is 30.3 Å². The van der Waals surface area contributed by atoms with Crippen molar-refractivity contribution in [2.75, 3.05) is 0 Å². The van der Waals surface area contributed by atoms with E-state index in [0.717, 1.165) is 4.90 Å². The number of carbonyl (C=O) groups is 1. The lowest BCUT2D eigenvalue weighted by atomic mass is 10.0. The van der Waals surface area contributed by atoms with Gasteiger partial charge in [-0.1, -0.05) is 76.9 Å². The smallest absolute Gasteiger partial charge is 0.194 e. The van der Waals surface area contributed by atoms with Crippen molar-refractivity contribution in [3.63, 3.8) is 0 Å². The number of hydrogen-bond donors (Lipinski definition) is 0. The molecule has 0 aliphatic carbocycles. The monoisotopic (exact) mass is 330 g/mol. The molecule has 98 valence electrons. The van der Waals surface area contributed by atoms with E-state index in [0.29, 0.717) is 16.1 Å². The van der Waals surface area contributed by atoms with Crippen molar-refractivity contribution in [1.29, 1.82) is 0 Å². The lowest BCUT2D eigenvalue weighted by Crippen LogP contribution is -2.01. The minimum absolute atomic E-state index is 0.101. The maximum atomic E-state index is 12.3. The molecule has 0 aliphatic heterocycles. The standard InChI is InChI=1S/C14H9Cl3OS/c15-12-8-10(19-14(16)17)6-7-11(12)13(18)9-4-2-1-3-5-9/h1-8,14H. The van der Waals surface area contributed by atoms with Crippen molar-refractivity contribution in [2.45, 2.75) is 9.06 Å². The van der Waals surface area contributed by atoms with Crippen LogP contribution in [0.5, 0.6) is 0 Å². The molecule has 0 saturated heterocycles. The van der Waals surface area contributed by atoms with Crippen LogP contribution in [0, 0.1) is 0 Å². The molecule has 0 aromatic heterocycles. The molecule has 0 saturated carbocycles. The Bertz CT molecular complexity index is 584. The van der Waals surface area contributed by atoms with Crippen molar-refractivity contribution in [1.82, 2.24) is 0 Å². The summed E-state index contributed by atoms with van der Waals surface area (Å²) in [6.07, 6.45) is 0. The zero-order valence-electron chi connectivity index (χ0n) is 9.65. The fraction of sp³-hybridized carbons (Fsp3) is 0.0714. The Balaban J connectivity index is 2.29. The van der Waals surface area contributed by atoms with Crippen molar-refractivity contribution in [3.8, 4) is 0 Å². The van der Waals surface area contributed by atoms with Crippen LogP contribution in [-0.4, -0.2) is 9.95 Å². The van der Waals surface area contributed by atoms with E-state index in [1.807, 2.05) is 18.2 Å². The Morgan fingerprint density at radius 3 is 2.32 bits per heavy atom. The van der Waals surface area contributed by atoms with Gasteiger partial charge in [0, 0.05) is 16.0 Å². The molecule has 2 rings (SSSR count). The van der Waals surface area contributed by atoms with Crippen molar-refractivity contribution >= 4 is 52.3 Å². The predicted octanol–water partition coefficient (Wildman–Crippen LogP) is 5.42. The highest BCUT2D eigenvalue weighted by Crippen LogP contribution is 2.32. The van der Waals surface area contributed by atoms with Gasteiger partial charge in [0.15, 0.2) is 9.95 Å². The molecule has 0 aliphatic rings. The van der Waals surface area contributed by atoms with Gasteiger partial charge in [0.2, 0.25) is 0 Å². The topological polar surface area (TPSA) is 17.1 Å². The molecule has 19 heavy (non-hydrogen) atoms. The molecule has 0 fully saturated rings. The Labute approximate surface area is 130 Å². The summed E-state index contributed by atoms with van der Waals surface area (Å²) in [4.78, 5) is 13.1. The van der Waals surface area contributed by atoms with Gasteiger partial charge in [-0.15, -0.1) is 0 Å². The van der Waals surface area contributed by atoms with Crippen LogP contribution in [0.15, 0.2) is 53.4 Å². The largest absolute Gasteiger partial charge is 0.289 e. The second-order valence-electron chi connectivity index (χ2n) is 3.72. The maximum absolute atomic E-state index is 12.3. The summed E-state index contributed by atoms with van der Waals surface area (Å²) < 4.78 is -0.563. The third kappa shape index (κ3) is 3.90. The van der Waals surface area contributed by atoms with Crippen LogP contribution in [0.2, 0.25) is 5.02 Å². The second-order valence-corrected chi connectivity index (χ2v) is 6.91. The fourth-order valence-electron chi connectivity index (χ4n) is 1.60. The minimum Gasteiger partial charge on any atom is -0.289 e. The number of thioether (sulfide) groups is 1. The van der Waals surface area contributed by atoms with Crippen LogP contribution in [-0.2, 0) is 0 Å². The number of rotatable bonds is 4. The van der Waals surface area contributed by atoms with Gasteiger partial charge in [-0.05, 0) is 18.2 Å². The first kappa shape index (κ1) is 14.7. The summed E-state index contributed by atoms with van der Waals surface area (Å²) in [5, 5.41) is 0.396. The zero-order chi connectivity index (χ0) is 13.8. The SMILES string of the molecule is O=C(c1ccccc1)c1ccc(SC(Cl)Cl)cc1Cl. The van der Waals surface area contributed by atoms with Crippen molar-refractivity contribution in [3.05, 3.63) is 64.7 Å². The van der Waals surface area contributed by atoms with Gasteiger partial charge in [-0.25, -0.2) is 0 Å². The first-order valence-corrected chi connectivity index (χ1v) is 7.55. The van der Waals surface area contributed by atoms with Gasteiger partial charge in [0.25, 0.3) is 0 Å². The minimum atomic E-state index is -0.563. The van der Waals surface area contributed by atoms with E-state index in [4.69, 9.17) is 34.8 Å². The molecule has 1 nitrogen and oxygen atoms in total. The zero-order valence-corrected chi connectivity index (χ0v) is 12.7. The maximum Gasteiger partial charge on any atom is 0.194 e. The molecule has 5 heteroatoms. The highest BCUT2D eigenvalue weighted by molar-refractivity contribution is 8.02. The summed E-state index contributed by atoms with van der Waals surface area (Å²) in [7, 11) is 0. The fourth-order valence-corrected chi connectivity index (χ4v) is 3.09. The highest BCUT2D eigenvalue weighted by atomic mass is 35.5. The summed E-state index contributed by atoms with van der Waals surface area (Å²) in [5.41, 5.74) is 1.08. The second kappa shape index (κ2) is 6.67. The van der Waals surface area contributed by atoms with E-state index in [2.05, 4.69) is 0 Å². The molecule has 0 radical (unpaired) electrons. The Hall–Kier alpha value is -0.670. The van der Waals surface area contributed by atoms with Gasteiger partial charge >= 0.3 is 0 Å². The van der Waals surface area contributed by atoms with E-state index in [1.165, 1.54) is 11.8 Å². The van der Waals surface area contributed by atoms with Crippen molar-refractivity contribution < 1.29 is 4.79 Å². The van der Waals surface area contributed by atoms with Crippen LogP contribution in [0.1, 0.15) is 15.9 Å². The normalized spacial score (nSPS) is 10.7. The van der Waals surface area contributed by atoms with Gasteiger partial charge in [0.1, 0.15) is 0 Å². The molecule has 0 spiro atoms. The summed E-state index contributed by atoms with van der Waals surface area (Å²) >= 11 is 18.8. The number of alkyl halides is 2. The summed E-state index contributed by atoms with van der Waals surface area (Å²) in [6, 6.07) is 14.2. The lowest BCUT2D eigenvalue weighted by Gasteiger charge is -2.07. The summed E-state index contributed by atoms with van der Waals surface area (Å²) in [5.74, 6) is -0.101. The van der Waals surface area contributed by atoms with Crippen LogP contribution in [0.3, 0.4) is 0 Å². The van der Waals surface area contributed by atoms with Gasteiger partial charge in [-0.2, -0.15) is 0 Å². The van der Waals surface area contributed by atoms with E-state index in [-0.39, 0.29) is 5.78 Å². The van der Waals surface area contributed by atoms with Gasteiger partial charge < -0.3 is 0 Å². The van der Waals surface area contributed by atoms with Crippen LogP contribution >= 0.6 is 46.6 Å². The van der Waals surface area contributed by atoms with E-state index in [9.17, 15) is 4.79 Å². The Morgan fingerprint density at radius 1 is 1.05 bits per heavy atom. The number of carbonyl (C=O) groups excluding carboxylic acids is 1. The van der Waals surface area contributed by atoms with Crippen LogP contribution < -0.4 is 0 Å². The molecule has 0 heterocycles. The summed E-state index contributed by atoms with van der Waals surface area (Å²) in [6.45, 7) is 0. The molecule has 0 bridgehead atoms. The average molecular weight is 332 g/mol. The van der Waals surface area contributed by atoms with E-state index < -0.39 is 4.17 Å². The third-order valence-corrected chi connectivity index (χ3v) is 4.00. The number of halogens is 3. The quantitative estimate of drug-likeness (QED) is 0.422. The molecule has 0 unspecified atom stereocenters. The van der Waals surface area contributed by atoms with Crippen LogP contribution in [0.25, 0.3) is 0 Å². The number of hydrogen-bond acceptors (Lipinski definition) is 2.